The predicted molar refractivity (Wildman–Crippen MR) is 113 cm³/mol. The van der Waals surface area contributed by atoms with E-state index in [0.717, 1.165) is 46.8 Å². The van der Waals surface area contributed by atoms with Gasteiger partial charge in [-0.25, -0.2) is 4.98 Å². The van der Waals surface area contributed by atoms with Crippen molar-refractivity contribution in [2.45, 2.75) is 60.8 Å². The average molecular weight is 377 g/mol. The molecule has 28 heavy (non-hydrogen) atoms. The summed E-state index contributed by atoms with van der Waals surface area (Å²) >= 11 is 0. The minimum Gasteiger partial charge on any atom is -0.296 e. The van der Waals surface area contributed by atoms with E-state index in [2.05, 4.69) is 32.9 Å². The fourth-order valence-corrected chi connectivity index (χ4v) is 4.64. The third-order valence-corrected chi connectivity index (χ3v) is 5.75. The summed E-state index contributed by atoms with van der Waals surface area (Å²) in [5.74, 6) is 1.09. The average Bonchev–Trinajstić information content (AvgIpc) is 3.18. The molecule has 0 radical (unpaired) electrons. The highest BCUT2D eigenvalue weighted by Crippen LogP contribution is 2.38. The van der Waals surface area contributed by atoms with Gasteiger partial charge in [-0.1, -0.05) is 24.6 Å². The van der Waals surface area contributed by atoms with Crippen LogP contribution in [0.3, 0.4) is 0 Å². The van der Waals surface area contributed by atoms with Crippen molar-refractivity contribution >= 4 is 17.4 Å². The molecule has 0 spiro atoms. The molecule has 0 fully saturated rings. The Kier molecular flexibility index (Phi) is 4.48. The van der Waals surface area contributed by atoms with Gasteiger partial charge < -0.3 is 0 Å². The smallest absolute Gasteiger partial charge is 0.228 e. The van der Waals surface area contributed by atoms with Gasteiger partial charge in [0.05, 0.1) is 11.3 Å². The van der Waals surface area contributed by atoms with Crippen LogP contribution in [0.4, 0.5) is 5.82 Å². The number of anilines is 1. The van der Waals surface area contributed by atoms with E-state index in [1.54, 1.807) is 0 Å². The van der Waals surface area contributed by atoms with Crippen molar-refractivity contribution in [3.8, 4) is 11.1 Å². The number of amides is 1. The Hall–Kier alpha value is -2.69. The molecule has 2 aromatic heterocycles. The van der Waals surface area contributed by atoms with Crippen molar-refractivity contribution in [1.29, 1.82) is 0 Å². The van der Waals surface area contributed by atoms with Crippen molar-refractivity contribution in [2.75, 3.05) is 11.4 Å². The zero-order valence-electron chi connectivity index (χ0n) is 17.7. The van der Waals surface area contributed by atoms with Gasteiger partial charge in [0.1, 0.15) is 5.82 Å². The fraction of sp³-hybridized carbons (Fsp3) is 0.435. The second-order valence-corrected chi connectivity index (χ2v) is 8.01. The summed E-state index contributed by atoms with van der Waals surface area (Å²) in [5.41, 5.74) is 9.94. The van der Waals surface area contributed by atoms with E-state index >= 15 is 0 Å². The van der Waals surface area contributed by atoms with E-state index in [1.807, 2.05) is 30.2 Å². The maximum absolute atomic E-state index is 12.7. The van der Waals surface area contributed by atoms with Gasteiger partial charge in [0, 0.05) is 24.2 Å². The molecule has 0 unspecified atom stereocenters. The van der Waals surface area contributed by atoms with Gasteiger partial charge >= 0.3 is 0 Å². The van der Waals surface area contributed by atoms with Crippen LogP contribution in [-0.4, -0.2) is 27.0 Å². The number of aryl methyl sites for hydroxylation is 5. The Morgan fingerprint density at radius 2 is 1.71 bits per heavy atom. The molecule has 0 aliphatic carbocycles. The van der Waals surface area contributed by atoms with Crippen LogP contribution in [-0.2, 0) is 11.2 Å². The highest BCUT2D eigenvalue weighted by atomic mass is 16.2. The van der Waals surface area contributed by atoms with Gasteiger partial charge in [-0.15, -0.1) is 0 Å². The first-order valence-corrected chi connectivity index (χ1v) is 10.1. The number of carbonyl (C=O) groups excluding carboxylic acids is 1. The van der Waals surface area contributed by atoms with Crippen molar-refractivity contribution in [1.82, 2.24) is 14.6 Å². The number of hydrogen-bond donors (Lipinski definition) is 0. The van der Waals surface area contributed by atoms with Crippen LogP contribution < -0.4 is 4.90 Å². The van der Waals surface area contributed by atoms with Crippen LogP contribution in [0.1, 0.15) is 53.4 Å². The first kappa shape index (κ1) is 18.7. The van der Waals surface area contributed by atoms with Crippen molar-refractivity contribution < 1.29 is 4.79 Å². The normalized spacial score (nSPS) is 13.4. The topological polar surface area (TPSA) is 50.5 Å². The van der Waals surface area contributed by atoms with E-state index < -0.39 is 0 Å². The molecular formula is C23H28N4O. The third kappa shape index (κ3) is 2.72. The Bertz CT molecular complexity index is 1090. The quantitative estimate of drug-likeness (QED) is 0.670. The lowest BCUT2D eigenvalue weighted by Crippen LogP contribution is -2.30. The molecule has 0 N–H and O–H groups in total. The van der Waals surface area contributed by atoms with E-state index in [1.165, 1.54) is 22.3 Å². The van der Waals surface area contributed by atoms with Crippen LogP contribution in [0.15, 0.2) is 12.1 Å². The molecule has 3 heterocycles. The monoisotopic (exact) mass is 376 g/mol. The summed E-state index contributed by atoms with van der Waals surface area (Å²) in [4.78, 5) is 19.6. The second-order valence-electron chi connectivity index (χ2n) is 8.01. The number of carbonyl (C=O) groups is 1. The molecule has 1 amide bonds. The Labute approximate surface area is 166 Å². The number of hydrogen-bond acceptors (Lipinski definition) is 3. The van der Waals surface area contributed by atoms with Crippen LogP contribution in [0, 0.1) is 34.6 Å². The molecule has 1 aliphatic rings. The second kappa shape index (κ2) is 6.73. The Morgan fingerprint density at radius 1 is 1.04 bits per heavy atom. The van der Waals surface area contributed by atoms with E-state index in [0.29, 0.717) is 13.0 Å². The number of fused-ring (bicyclic) bond motifs is 3. The highest BCUT2D eigenvalue weighted by Gasteiger charge is 2.31. The summed E-state index contributed by atoms with van der Waals surface area (Å²) in [5, 5.41) is 4.86. The fourth-order valence-electron chi connectivity index (χ4n) is 4.64. The van der Waals surface area contributed by atoms with Gasteiger partial charge in [-0.2, -0.15) is 9.61 Å². The molecule has 5 heteroatoms. The maximum atomic E-state index is 12.7. The van der Waals surface area contributed by atoms with Crippen LogP contribution in [0.25, 0.3) is 16.8 Å². The molecule has 3 aromatic rings. The molecule has 0 saturated heterocycles. The summed E-state index contributed by atoms with van der Waals surface area (Å²) < 4.78 is 1.91. The summed E-state index contributed by atoms with van der Waals surface area (Å²) in [7, 11) is 0. The van der Waals surface area contributed by atoms with Gasteiger partial charge in [0.2, 0.25) is 5.91 Å². The molecule has 146 valence electrons. The molecule has 1 aliphatic heterocycles. The van der Waals surface area contributed by atoms with Crippen LogP contribution in [0.5, 0.6) is 0 Å². The predicted octanol–water partition coefficient (Wildman–Crippen LogP) is 4.63. The molecular weight excluding hydrogens is 348 g/mol. The van der Waals surface area contributed by atoms with Gasteiger partial charge in [-0.3, -0.25) is 9.69 Å². The number of nitrogens with zero attached hydrogens (tertiary/aromatic N) is 4. The zero-order chi connectivity index (χ0) is 20.2. The first-order chi connectivity index (χ1) is 13.3. The zero-order valence-corrected chi connectivity index (χ0v) is 17.7. The first-order valence-electron chi connectivity index (χ1n) is 10.1. The standard InChI is InChI=1S/C23H28N4O/c1-7-8-19(28)26-10-9-18-16(5)24-22-21(17(6)25-27(22)23(18)26)20-14(3)11-13(2)12-15(20)4/h11-12H,7-10H2,1-6H3. The summed E-state index contributed by atoms with van der Waals surface area (Å²) in [6.45, 7) is 13.3. The third-order valence-electron chi connectivity index (χ3n) is 5.75. The summed E-state index contributed by atoms with van der Waals surface area (Å²) in [6.07, 6.45) is 2.25. The SMILES string of the molecule is CCCC(=O)N1CCc2c(C)nc3c(-c4c(C)cc(C)cc4C)c(C)nn3c21. The maximum Gasteiger partial charge on any atom is 0.228 e. The largest absolute Gasteiger partial charge is 0.296 e. The van der Waals surface area contributed by atoms with Crippen molar-refractivity contribution in [2.24, 2.45) is 0 Å². The van der Waals surface area contributed by atoms with Crippen LogP contribution in [0.2, 0.25) is 0 Å². The molecule has 0 atom stereocenters. The van der Waals surface area contributed by atoms with E-state index in [-0.39, 0.29) is 5.91 Å². The van der Waals surface area contributed by atoms with E-state index in [4.69, 9.17) is 10.1 Å². The molecule has 0 saturated carbocycles. The lowest BCUT2D eigenvalue weighted by molar-refractivity contribution is -0.118. The molecule has 1 aromatic carbocycles. The molecule has 5 nitrogen and oxygen atoms in total. The minimum atomic E-state index is 0.172. The number of aromatic nitrogens is 3. The molecule has 4 rings (SSSR count). The van der Waals surface area contributed by atoms with Crippen LogP contribution >= 0.6 is 0 Å². The highest BCUT2D eigenvalue weighted by molar-refractivity contribution is 5.96. The van der Waals surface area contributed by atoms with Gasteiger partial charge in [-0.05, 0) is 64.2 Å². The van der Waals surface area contributed by atoms with Crippen molar-refractivity contribution in [3.05, 3.63) is 45.8 Å². The van der Waals surface area contributed by atoms with Crippen molar-refractivity contribution in [3.63, 3.8) is 0 Å². The summed E-state index contributed by atoms with van der Waals surface area (Å²) in [6, 6.07) is 4.42. The lowest BCUT2D eigenvalue weighted by Gasteiger charge is -2.18. The van der Waals surface area contributed by atoms with E-state index in [9.17, 15) is 4.79 Å². The lowest BCUT2D eigenvalue weighted by atomic mass is 9.94. The molecule has 0 bridgehead atoms. The van der Waals surface area contributed by atoms with Gasteiger partial charge in [0.25, 0.3) is 0 Å². The number of rotatable bonds is 3. The Balaban J connectivity index is 2.01. The number of benzene rings is 1. The Morgan fingerprint density at radius 3 is 2.36 bits per heavy atom. The minimum absolute atomic E-state index is 0.172. The van der Waals surface area contributed by atoms with Gasteiger partial charge in [0.15, 0.2) is 5.65 Å².